The second-order valence-corrected chi connectivity index (χ2v) is 7.73. The molecule has 1 heterocycles. The highest BCUT2D eigenvalue weighted by Gasteiger charge is 2.32. The van der Waals surface area contributed by atoms with E-state index >= 15 is 0 Å². The fourth-order valence-corrected chi connectivity index (χ4v) is 4.39. The molecule has 0 amide bonds. The summed E-state index contributed by atoms with van der Waals surface area (Å²) in [7, 11) is 0. The molecule has 1 N–H and O–H groups in total. The third kappa shape index (κ3) is 4.96. The van der Waals surface area contributed by atoms with Crippen LogP contribution in [-0.2, 0) is 6.18 Å². The van der Waals surface area contributed by atoms with E-state index in [0.717, 1.165) is 17.7 Å². The molecule has 1 fully saturated rings. The molecule has 150 valence electrons. The van der Waals surface area contributed by atoms with E-state index in [1.165, 1.54) is 12.1 Å². The fourth-order valence-electron chi connectivity index (χ4n) is 3.07. The van der Waals surface area contributed by atoms with Crippen LogP contribution in [0.15, 0.2) is 48.5 Å². The minimum absolute atomic E-state index is 0.00457. The van der Waals surface area contributed by atoms with Crippen molar-refractivity contribution < 1.29 is 27.9 Å². The Morgan fingerprint density at radius 1 is 1.21 bits per heavy atom. The molecule has 0 bridgehead atoms. The highest BCUT2D eigenvalue weighted by molar-refractivity contribution is 7.99. The molecule has 2 aromatic carbocycles. The summed E-state index contributed by atoms with van der Waals surface area (Å²) in [5, 5.41) is 20.9. The Kier molecular flexibility index (Phi) is 6.14. The van der Waals surface area contributed by atoms with Crippen molar-refractivity contribution in [2.45, 2.75) is 30.1 Å². The van der Waals surface area contributed by atoms with Gasteiger partial charge in [0, 0.05) is 21.5 Å². The minimum Gasteiger partial charge on any atom is -0.478 e. The number of alkyl halides is 3. The number of para-hydroxylation sites is 1. The molecule has 3 rings (SSSR count). The average molecular weight is 413 g/mol. The Hall–Kier alpha value is -2.26. The van der Waals surface area contributed by atoms with Crippen LogP contribution in [0, 0.1) is 10.1 Å². The van der Waals surface area contributed by atoms with Crippen LogP contribution in [-0.4, -0.2) is 28.4 Å². The Balaban J connectivity index is 1.87. The zero-order valence-electron chi connectivity index (χ0n) is 14.6. The van der Waals surface area contributed by atoms with Crippen LogP contribution in [0.2, 0.25) is 0 Å². The molecule has 1 saturated heterocycles. The number of nitro groups is 1. The maximum atomic E-state index is 12.8. The fraction of sp³-hybridized carbons (Fsp3) is 0.368. The lowest BCUT2D eigenvalue weighted by molar-refractivity contribution is -0.490. The van der Waals surface area contributed by atoms with E-state index in [-0.39, 0.29) is 5.25 Å². The number of benzene rings is 2. The Labute approximate surface area is 163 Å². The van der Waals surface area contributed by atoms with E-state index < -0.39 is 35.4 Å². The van der Waals surface area contributed by atoms with Gasteiger partial charge in [-0.25, -0.2) is 0 Å². The van der Waals surface area contributed by atoms with Crippen LogP contribution in [0.1, 0.15) is 34.5 Å². The third-order valence-corrected chi connectivity index (χ3v) is 5.86. The molecule has 0 spiro atoms. The van der Waals surface area contributed by atoms with Crippen LogP contribution in [0.5, 0.6) is 5.75 Å². The first-order valence-corrected chi connectivity index (χ1v) is 9.63. The molecule has 3 unspecified atom stereocenters. The van der Waals surface area contributed by atoms with Gasteiger partial charge in [-0.15, -0.1) is 0 Å². The van der Waals surface area contributed by atoms with Gasteiger partial charge in [-0.1, -0.05) is 30.3 Å². The van der Waals surface area contributed by atoms with Crippen molar-refractivity contribution in [2.75, 3.05) is 12.3 Å². The Morgan fingerprint density at radius 3 is 2.46 bits per heavy atom. The van der Waals surface area contributed by atoms with Gasteiger partial charge in [-0.3, -0.25) is 10.1 Å². The summed E-state index contributed by atoms with van der Waals surface area (Å²) in [5.74, 6) is 1.02. The van der Waals surface area contributed by atoms with Crippen LogP contribution in [0.25, 0.3) is 0 Å². The topological polar surface area (TPSA) is 72.6 Å². The summed E-state index contributed by atoms with van der Waals surface area (Å²) >= 11 is 1.57. The minimum atomic E-state index is -4.48. The van der Waals surface area contributed by atoms with E-state index in [1.54, 1.807) is 23.9 Å². The first kappa shape index (κ1) is 20.5. The van der Waals surface area contributed by atoms with Crippen molar-refractivity contribution in [1.82, 2.24) is 0 Å². The molecule has 0 aromatic heterocycles. The summed E-state index contributed by atoms with van der Waals surface area (Å²) in [6.07, 6.45) is -5.39. The number of aliphatic hydroxyl groups is 1. The summed E-state index contributed by atoms with van der Waals surface area (Å²) in [6.45, 7) is -0.583. The monoisotopic (exact) mass is 413 g/mol. The second-order valence-electron chi connectivity index (χ2n) is 6.49. The summed E-state index contributed by atoms with van der Waals surface area (Å²) in [6, 6.07) is 11.2. The first-order valence-electron chi connectivity index (χ1n) is 8.58. The zero-order valence-corrected chi connectivity index (χ0v) is 15.4. The normalized spacial score (nSPS) is 20.7. The van der Waals surface area contributed by atoms with E-state index in [4.69, 9.17) is 4.74 Å². The number of hydrogen-bond acceptors (Lipinski definition) is 5. The van der Waals surface area contributed by atoms with Gasteiger partial charge in [-0.2, -0.15) is 24.9 Å². The average Bonchev–Trinajstić information content (AvgIpc) is 3.07. The maximum absolute atomic E-state index is 12.8. The SMILES string of the molecule is O=[N+]([O-])CC(Oc1ccccc1C1CC(O)CS1)c1ccc(C(F)(F)F)cc1. The molecule has 1 aliphatic heterocycles. The lowest BCUT2D eigenvalue weighted by atomic mass is 10.0. The molecule has 2 aromatic rings. The first-order chi connectivity index (χ1) is 13.2. The summed E-state index contributed by atoms with van der Waals surface area (Å²) in [5.41, 5.74) is 0.274. The van der Waals surface area contributed by atoms with Gasteiger partial charge >= 0.3 is 6.18 Å². The molecule has 3 atom stereocenters. The highest BCUT2D eigenvalue weighted by Crippen LogP contribution is 2.44. The van der Waals surface area contributed by atoms with Crippen LogP contribution in [0.4, 0.5) is 13.2 Å². The van der Waals surface area contributed by atoms with Crippen LogP contribution < -0.4 is 4.74 Å². The Morgan fingerprint density at radius 2 is 1.89 bits per heavy atom. The number of ether oxygens (including phenoxy) is 1. The van der Waals surface area contributed by atoms with Crippen molar-refractivity contribution in [2.24, 2.45) is 0 Å². The smallest absolute Gasteiger partial charge is 0.416 e. The molecule has 5 nitrogen and oxygen atoms in total. The summed E-state index contributed by atoms with van der Waals surface area (Å²) in [4.78, 5) is 10.5. The molecule has 0 aliphatic carbocycles. The van der Waals surface area contributed by atoms with Crippen molar-refractivity contribution in [3.8, 4) is 5.75 Å². The molecule has 0 saturated carbocycles. The van der Waals surface area contributed by atoms with Gasteiger partial charge in [0.25, 0.3) is 0 Å². The zero-order chi connectivity index (χ0) is 20.3. The van der Waals surface area contributed by atoms with Crippen LogP contribution >= 0.6 is 11.8 Å². The van der Waals surface area contributed by atoms with Gasteiger partial charge < -0.3 is 9.84 Å². The van der Waals surface area contributed by atoms with Gasteiger partial charge in [0.15, 0.2) is 6.10 Å². The van der Waals surface area contributed by atoms with E-state index in [9.17, 15) is 28.4 Å². The molecular formula is C19H18F3NO4S. The summed E-state index contributed by atoms with van der Waals surface area (Å²) < 4.78 is 44.2. The van der Waals surface area contributed by atoms with Crippen LogP contribution in [0.3, 0.4) is 0 Å². The quantitative estimate of drug-likeness (QED) is 0.552. The van der Waals surface area contributed by atoms with E-state index in [2.05, 4.69) is 0 Å². The number of rotatable bonds is 6. The van der Waals surface area contributed by atoms with Gasteiger partial charge in [0.1, 0.15) is 5.75 Å². The highest BCUT2D eigenvalue weighted by atomic mass is 32.2. The molecular weight excluding hydrogens is 395 g/mol. The number of hydrogen-bond donors (Lipinski definition) is 1. The van der Waals surface area contributed by atoms with Gasteiger partial charge in [-0.05, 0) is 30.2 Å². The predicted molar refractivity (Wildman–Crippen MR) is 98.9 cm³/mol. The van der Waals surface area contributed by atoms with Crippen molar-refractivity contribution in [1.29, 1.82) is 0 Å². The number of thioether (sulfide) groups is 1. The van der Waals surface area contributed by atoms with Crippen molar-refractivity contribution >= 4 is 11.8 Å². The number of nitrogens with zero attached hydrogens (tertiary/aromatic N) is 1. The standard InChI is InChI=1S/C19H18F3NO4S/c20-19(21,22)13-7-5-12(6-8-13)17(10-23(25)26)27-16-4-2-1-3-15(16)18-9-14(24)11-28-18/h1-8,14,17-18,24H,9-11H2. The predicted octanol–water partition coefficient (Wildman–Crippen LogP) is 4.64. The van der Waals surface area contributed by atoms with Crippen molar-refractivity contribution in [3.05, 3.63) is 75.3 Å². The van der Waals surface area contributed by atoms with E-state index in [1.807, 2.05) is 12.1 Å². The Bertz CT molecular complexity index is 829. The van der Waals surface area contributed by atoms with Crippen molar-refractivity contribution in [3.63, 3.8) is 0 Å². The lowest BCUT2D eigenvalue weighted by Gasteiger charge is -2.21. The molecule has 0 radical (unpaired) electrons. The largest absolute Gasteiger partial charge is 0.478 e. The third-order valence-electron chi connectivity index (χ3n) is 4.44. The maximum Gasteiger partial charge on any atom is 0.416 e. The molecule has 9 heteroatoms. The second kappa shape index (κ2) is 8.40. The lowest BCUT2D eigenvalue weighted by Crippen LogP contribution is -2.19. The van der Waals surface area contributed by atoms with Gasteiger partial charge in [0.05, 0.1) is 11.7 Å². The van der Waals surface area contributed by atoms with Gasteiger partial charge in [0.2, 0.25) is 6.54 Å². The van der Waals surface area contributed by atoms with E-state index in [0.29, 0.717) is 23.5 Å². The molecule has 1 aliphatic rings. The number of aliphatic hydroxyl groups excluding tert-OH is 1. The number of halogens is 3. The molecule has 28 heavy (non-hydrogen) atoms.